The van der Waals surface area contributed by atoms with E-state index >= 15 is 0 Å². The second-order valence-corrected chi connectivity index (χ2v) is 7.08. The van der Waals surface area contributed by atoms with Crippen molar-refractivity contribution in [2.45, 2.75) is 12.3 Å². The van der Waals surface area contributed by atoms with Gasteiger partial charge in [0.1, 0.15) is 11.6 Å². The van der Waals surface area contributed by atoms with Gasteiger partial charge in [0, 0.05) is 23.5 Å². The van der Waals surface area contributed by atoms with Crippen LogP contribution >= 0.6 is 0 Å². The topological polar surface area (TPSA) is 46.9 Å². The van der Waals surface area contributed by atoms with Gasteiger partial charge in [0.2, 0.25) is 5.91 Å². The lowest BCUT2D eigenvalue weighted by Gasteiger charge is -2.24. The minimum atomic E-state index is -0.294. The fourth-order valence-electron chi connectivity index (χ4n) is 3.90. The molecule has 0 saturated heterocycles. The molecular formula is C24H18FN3O. The molecule has 1 aromatic heterocycles. The van der Waals surface area contributed by atoms with Crippen LogP contribution in [0.4, 0.5) is 10.2 Å². The minimum Gasteiger partial charge on any atom is -0.310 e. The molecule has 1 aliphatic heterocycles. The normalized spacial score (nSPS) is 15.6. The molecule has 0 radical (unpaired) electrons. The van der Waals surface area contributed by atoms with Crippen LogP contribution < -0.4 is 5.32 Å². The number of anilines is 1. The van der Waals surface area contributed by atoms with E-state index in [1.807, 2.05) is 60.7 Å². The summed E-state index contributed by atoms with van der Waals surface area (Å²) in [5.74, 6) is 0.0914. The zero-order chi connectivity index (χ0) is 19.8. The van der Waals surface area contributed by atoms with E-state index < -0.39 is 0 Å². The largest absolute Gasteiger partial charge is 0.310 e. The number of benzene rings is 3. The van der Waals surface area contributed by atoms with Crippen LogP contribution in [0.3, 0.4) is 0 Å². The predicted molar refractivity (Wildman–Crippen MR) is 110 cm³/mol. The summed E-state index contributed by atoms with van der Waals surface area (Å²) in [6, 6.07) is 26.0. The van der Waals surface area contributed by atoms with Crippen molar-refractivity contribution in [1.29, 1.82) is 0 Å². The van der Waals surface area contributed by atoms with Crippen molar-refractivity contribution >= 4 is 11.7 Å². The molecule has 0 spiro atoms. The molecule has 4 nitrogen and oxygen atoms in total. The summed E-state index contributed by atoms with van der Waals surface area (Å²) >= 11 is 0. The van der Waals surface area contributed by atoms with Gasteiger partial charge in [-0.2, -0.15) is 5.10 Å². The van der Waals surface area contributed by atoms with Gasteiger partial charge in [-0.15, -0.1) is 0 Å². The first kappa shape index (κ1) is 17.4. The van der Waals surface area contributed by atoms with Crippen molar-refractivity contribution in [1.82, 2.24) is 9.78 Å². The first-order chi connectivity index (χ1) is 14.2. The van der Waals surface area contributed by atoms with E-state index in [0.29, 0.717) is 12.2 Å². The molecule has 2 heterocycles. The van der Waals surface area contributed by atoms with Gasteiger partial charge in [-0.1, -0.05) is 60.7 Å². The maximum atomic E-state index is 13.5. The lowest BCUT2D eigenvalue weighted by atomic mass is 9.84. The monoisotopic (exact) mass is 383 g/mol. The Morgan fingerprint density at radius 3 is 2.24 bits per heavy atom. The Labute approximate surface area is 167 Å². The Morgan fingerprint density at radius 1 is 0.897 bits per heavy atom. The summed E-state index contributed by atoms with van der Waals surface area (Å²) in [6.07, 6.45) is 0.291. The van der Waals surface area contributed by atoms with Crippen molar-refractivity contribution in [3.05, 3.63) is 102 Å². The van der Waals surface area contributed by atoms with Gasteiger partial charge in [0.05, 0.1) is 11.4 Å². The fraction of sp³-hybridized carbons (Fsp3) is 0.0833. The Kier molecular flexibility index (Phi) is 4.21. The molecule has 142 valence electrons. The third kappa shape index (κ3) is 3.10. The van der Waals surface area contributed by atoms with Crippen LogP contribution in [-0.2, 0) is 4.79 Å². The van der Waals surface area contributed by atoms with Crippen molar-refractivity contribution in [2.75, 3.05) is 5.32 Å². The molecule has 1 N–H and O–H groups in total. The molecule has 1 amide bonds. The number of amides is 1. The number of nitrogens with one attached hydrogen (secondary N) is 1. The number of carbonyl (C=O) groups excluding carboxylic acids is 1. The van der Waals surface area contributed by atoms with Crippen LogP contribution in [0.1, 0.15) is 23.5 Å². The van der Waals surface area contributed by atoms with E-state index in [2.05, 4.69) is 5.32 Å². The Morgan fingerprint density at radius 2 is 1.55 bits per heavy atom. The molecule has 5 heteroatoms. The lowest BCUT2D eigenvalue weighted by molar-refractivity contribution is -0.116. The molecule has 1 atom stereocenters. The third-order valence-electron chi connectivity index (χ3n) is 5.24. The molecule has 0 aliphatic carbocycles. The van der Waals surface area contributed by atoms with Crippen LogP contribution in [0, 0.1) is 5.82 Å². The van der Waals surface area contributed by atoms with E-state index in [1.54, 1.807) is 16.8 Å². The number of carbonyl (C=O) groups is 1. The van der Waals surface area contributed by atoms with Crippen molar-refractivity contribution in [3.8, 4) is 16.9 Å². The zero-order valence-electron chi connectivity index (χ0n) is 15.5. The number of fused-ring (bicyclic) bond motifs is 1. The molecule has 4 aromatic rings. The van der Waals surface area contributed by atoms with Gasteiger partial charge < -0.3 is 5.32 Å². The third-order valence-corrected chi connectivity index (χ3v) is 5.24. The molecule has 0 bridgehead atoms. The average molecular weight is 383 g/mol. The van der Waals surface area contributed by atoms with Crippen molar-refractivity contribution < 1.29 is 9.18 Å². The zero-order valence-corrected chi connectivity index (χ0v) is 15.5. The highest BCUT2D eigenvalue weighted by Crippen LogP contribution is 2.43. The highest BCUT2D eigenvalue weighted by molar-refractivity contribution is 5.96. The van der Waals surface area contributed by atoms with Gasteiger partial charge >= 0.3 is 0 Å². The number of nitrogens with zero attached hydrogens (tertiary/aromatic N) is 2. The van der Waals surface area contributed by atoms with E-state index in [0.717, 1.165) is 28.1 Å². The van der Waals surface area contributed by atoms with Crippen molar-refractivity contribution in [2.24, 2.45) is 0 Å². The first-order valence-electron chi connectivity index (χ1n) is 9.50. The number of para-hydroxylation sites is 1. The number of hydrogen-bond acceptors (Lipinski definition) is 2. The van der Waals surface area contributed by atoms with Crippen LogP contribution in [0.15, 0.2) is 84.9 Å². The lowest BCUT2D eigenvalue weighted by Crippen LogP contribution is -2.24. The highest BCUT2D eigenvalue weighted by Gasteiger charge is 2.34. The van der Waals surface area contributed by atoms with Crippen molar-refractivity contribution in [3.63, 3.8) is 0 Å². The van der Waals surface area contributed by atoms with Crippen LogP contribution in [-0.4, -0.2) is 15.7 Å². The maximum absolute atomic E-state index is 13.5. The van der Waals surface area contributed by atoms with Gasteiger partial charge in [-0.3, -0.25) is 4.79 Å². The number of hydrogen-bond donors (Lipinski definition) is 1. The smallest absolute Gasteiger partial charge is 0.226 e. The molecule has 5 rings (SSSR count). The second kappa shape index (κ2) is 7.02. The summed E-state index contributed by atoms with van der Waals surface area (Å²) < 4.78 is 15.3. The quantitative estimate of drug-likeness (QED) is 0.532. The summed E-state index contributed by atoms with van der Waals surface area (Å²) in [5, 5.41) is 7.90. The van der Waals surface area contributed by atoms with Crippen LogP contribution in [0.25, 0.3) is 16.9 Å². The van der Waals surface area contributed by atoms with E-state index in [9.17, 15) is 9.18 Å². The SMILES string of the molecule is O=C1C[C@@H](c2ccc(F)cc2)c2c(-c3ccccc3)nn(-c3ccccc3)c2N1. The van der Waals surface area contributed by atoms with Crippen LogP contribution in [0.5, 0.6) is 0 Å². The van der Waals surface area contributed by atoms with Gasteiger partial charge in [-0.25, -0.2) is 9.07 Å². The Balaban J connectivity index is 1.77. The van der Waals surface area contributed by atoms with Gasteiger partial charge in [0.25, 0.3) is 0 Å². The highest BCUT2D eigenvalue weighted by atomic mass is 19.1. The molecule has 0 saturated carbocycles. The number of rotatable bonds is 3. The molecular weight excluding hydrogens is 365 g/mol. The number of halogens is 1. The first-order valence-corrected chi connectivity index (χ1v) is 9.50. The van der Waals surface area contributed by atoms with Gasteiger partial charge in [0.15, 0.2) is 0 Å². The Bertz CT molecular complexity index is 1170. The molecule has 0 unspecified atom stereocenters. The summed E-state index contributed by atoms with van der Waals surface area (Å²) in [7, 11) is 0. The predicted octanol–water partition coefficient (Wildman–Crippen LogP) is 5.15. The summed E-state index contributed by atoms with van der Waals surface area (Å²) in [4.78, 5) is 12.6. The minimum absolute atomic E-state index is 0.0801. The van der Waals surface area contributed by atoms with E-state index in [1.165, 1.54) is 12.1 Å². The van der Waals surface area contributed by atoms with E-state index in [-0.39, 0.29) is 17.6 Å². The summed E-state index contributed by atoms with van der Waals surface area (Å²) in [6.45, 7) is 0. The molecule has 1 aliphatic rings. The summed E-state index contributed by atoms with van der Waals surface area (Å²) in [5.41, 5.74) is 4.50. The van der Waals surface area contributed by atoms with Crippen LogP contribution in [0.2, 0.25) is 0 Å². The second-order valence-electron chi connectivity index (χ2n) is 7.08. The van der Waals surface area contributed by atoms with E-state index in [4.69, 9.17) is 5.10 Å². The maximum Gasteiger partial charge on any atom is 0.226 e. The standard InChI is InChI=1S/C24H18FN3O/c25-18-13-11-16(12-14-18)20-15-21(29)26-24-22(20)23(17-7-3-1-4-8-17)27-28(24)19-9-5-2-6-10-19/h1-14,20H,15H2,(H,26,29)/t20-/m0/s1. The molecule has 29 heavy (non-hydrogen) atoms. The molecule has 0 fully saturated rings. The Hall–Kier alpha value is -3.73. The van der Waals surface area contributed by atoms with Gasteiger partial charge in [-0.05, 0) is 29.8 Å². The average Bonchev–Trinajstić information content (AvgIpc) is 3.14. The molecule has 3 aromatic carbocycles. The number of aromatic nitrogens is 2. The fourth-order valence-corrected chi connectivity index (χ4v) is 3.90.